The van der Waals surface area contributed by atoms with Crippen LogP contribution in [0.1, 0.15) is 19.3 Å². The van der Waals surface area contributed by atoms with Crippen molar-refractivity contribution in [3.05, 3.63) is 0 Å². The molecule has 0 aromatic carbocycles. The second kappa shape index (κ2) is 7.04. The monoisotopic (exact) mass is 286 g/mol. The topological polar surface area (TPSA) is 52.6 Å². The summed E-state index contributed by atoms with van der Waals surface area (Å²) in [5.74, 6) is -2.76. The number of carbonyl (C=O) groups is 1. The van der Waals surface area contributed by atoms with Gasteiger partial charge in [-0.3, -0.25) is 4.90 Å². The van der Waals surface area contributed by atoms with Gasteiger partial charge in [0.2, 0.25) is 0 Å². The normalized spacial score (nSPS) is 25.8. The summed E-state index contributed by atoms with van der Waals surface area (Å²) < 4.78 is 44.6. The molecule has 2 aliphatic rings. The lowest BCUT2D eigenvalue weighted by molar-refractivity contribution is -0.192. The van der Waals surface area contributed by atoms with Crippen LogP contribution in [0.25, 0.3) is 0 Å². The van der Waals surface area contributed by atoms with E-state index in [9.17, 15) is 17.6 Å². The standard InChI is InChI=1S/C9H17FN2.C2HF3O2/c10-8-3-6-12(7-8)9-1-4-11-5-2-9;3-2(4,5)1(6)7/h8-9,11H,1-7H2;(H,6,7). The third-order valence-electron chi connectivity index (χ3n) is 3.23. The van der Waals surface area contributed by atoms with E-state index in [1.807, 2.05) is 0 Å². The molecule has 0 bridgehead atoms. The van der Waals surface area contributed by atoms with Crippen LogP contribution in [0.5, 0.6) is 0 Å². The van der Waals surface area contributed by atoms with Crippen LogP contribution in [-0.4, -0.2) is 60.5 Å². The van der Waals surface area contributed by atoms with Crippen molar-refractivity contribution in [1.82, 2.24) is 10.2 Å². The Hall–Kier alpha value is -0.890. The summed E-state index contributed by atoms with van der Waals surface area (Å²) in [6, 6.07) is 0.659. The molecule has 2 saturated heterocycles. The fraction of sp³-hybridized carbons (Fsp3) is 0.909. The van der Waals surface area contributed by atoms with Crippen LogP contribution in [0, 0.1) is 0 Å². The Morgan fingerprint density at radius 2 is 1.74 bits per heavy atom. The van der Waals surface area contributed by atoms with E-state index in [1.165, 1.54) is 12.8 Å². The van der Waals surface area contributed by atoms with Crippen LogP contribution in [0.15, 0.2) is 0 Å². The number of hydrogen-bond acceptors (Lipinski definition) is 3. The van der Waals surface area contributed by atoms with Crippen molar-refractivity contribution in [1.29, 1.82) is 0 Å². The molecule has 1 atom stereocenters. The number of carboxylic acids is 1. The first-order valence-corrected chi connectivity index (χ1v) is 6.19. The number of rotatable bonds is 1. The molecule has 112 valence electrons. The highest BCUT2D eigenvalue weighted by Crippen LogP contribution is 2.20. The molecule has 8 heteroatoms. The van der Waals surface area contributed by atoms with Gasteiger partial charge in [-0.15, -0.1) is 0 Å². The number of alkyl halides is 4. The predicted octanol–water partition coefficient (Wildman–Crippen LogP) is 1.42. The Labute approximate surface area is 108 Å². The average molecular weight is 286 g/mol. The van der Waals surface area contributed by atoms with E-state index in [4.69, 9.17) is 9.90 Å². The van der Waals surface area contributed by atoms with Gasteiger partial charge in [0.05, 0.1) is 0 Å². The number of hydrogen-bond donors (Lipinski definition) is 2. The van der Waals surface area contributed by atoms with Crippen molar-refractivity contribution in [2.24, 2.45) is 0 Å². The van der Waals surface area contributed by atoms with Crippen molar-refractivity contribution in [2.45, 2.75) is 37.7 Å². The number of aliphatic carboxylic acids is 1. The lowest BCUT2D eigenvalue weighted by Crippen LogP contribution is -2.42. The maximum atomic E-state index is 12.9. The molecule has 2 fully saturated rings. The maximum Gasteiger partial charge on any atom is 0.490 e. The van der Waals surface area contributed by atoms with Gasteiger partial charge >= 0.3 is 12.1 Å². The second-order valence-corrected chi connectivity index (χ2v) is 4.66. The summed E-state index contributed by atoms with van der Waals surface area (Å²) in [7, 11) is 0. The molecule has 2 aliphatic heterocycles. The van der Waals surface area contributed by atoms with E-state index in [1.54, 1.807) is 0 Å². The van der Waals surface area contributed by atoms with E-state index in [2.05, 4.69) is 10.2 Å². The molecule has 0 aromatic heterocycles. The van der Waals surface area contributed by atoms with Gasteiger partial charge in [0.25, 0.3) is 0 Å². The minimum absolute atomic E-state index is 0.556. The molecule has 0 amide bonds. The molecule has 4 nitrogen and oxygen atoms in total. The van der Waals surface area contributed by atoms with E-state index < -0.39 is 18.3 Å². The largest absolute Gasteiger partial charge is 0.490 e. The molecule has 2 N–H and O–H groups in total. The first-order valence-electron chi connectivity index (χ1n) is 6.19. The van der Waals surface area contributed by atoms with E-state index in [-0.39, 0.29) is 0 Å². The zero-order valence-electron chi connectivity index (χ0n) is 10.4. The maximum absolute atomic E-state index is 12.9. The first-order chi connectivity index (χ1) is 8.80. The average Bonchev–Trinajstić information content (AvgIpc) is 2.77. The molecule has 1 unspecified atom stereocenters. The molecule has 0 radical (unpaired) electrons. The highest BCUT2D eigenvalue weighted by Gasteiger charge is 2.38. The van der Waals surface area contributed by atoms with Crippen LogP contribution in [-0.2, 0) is 4.79 Å². The number of nitrogens with zero attached hydrogens (tertiary/aromatic N) is 1. The predicted molar refractivity (Wildman–Crippen MR) is 60.7 cm³/mol. The smallest absolute Gasteiger partial charge is 0.475 e. The fourth-order valence-corrected chi connectivity index (χ4v) is 2.25. The molecule has 19 heavy (non-hydrogen) atoms. The van der Waals surface area contributed by atoms with Gasteiger partial charge in [-0.1, -0.05) is 0 Å². The Morgan fingerprint density at radius 3 is 2.11 bits per heavy atom. The quantitative estimate of drug-likeness (QED) is 0.716. The van der Waals surface area contributed by atoms with Crippen LogP contribution < -0.4 is 5.32 Å². The van der Waals surface area contributed by atoms with Crippen molar-refractivity contribution >= 4 is 5.97 Å². The van der Waals surface area contributed by atoms with Gasteiger partial charge < -0.3 is 10.4 Å². The lowest BCUT2D eigenvalue weighted by atomic mass is 10.1. The molecule has 2 rings (SSSR count). The van der Waals surface area contributed by atoms with E-state index >= 15 is 0 Å². The van der Waals surface area contributed by atoms with Gasteiger partial charge in [0, 0.05) is 19.1 Å². The molecule has 0 spiro atoms. The number of carboxylic acid groups (broad SMARTS) is 1. The molecular formula is C11H18F4N2O2. The lowest BCUT2D eigenvalue weighted by Gasteiger charge is -2.30. The number of nitrogens with one attached hydrogen (secondary N) is 1. The summed E-state index contributed by atoms with van der Waals surface area (Å²) in [6.45, 7) is 3.88. The number of piperidine rings is 1. The zero-order valence-corrected chi connectivity index (χ0v) is 10.4. The van der Waals surface area contributed by atoms with Crippen molar-refractivity contribution < 1.29 is 27.5 Å². The fourth-order valence-electron chi connectivity index (χ4n) is 2.25. The Balaban J connectivity index is 0.000000224. The van der Waals surface area contributed by atoms with Crippen molar-refractivity contribution in [2.75, 3.05) is 26.2 Å². The molecule has 2 heterocycles. The minimum atomic E-state index is -5.08. The Bertz CT molecular complexity index is 290. The van der Waals surface area contributed by atoms with Crippen molar-refractivity contribution in [3.63, 3.8) is 0 Å². The SMILES string of the molecule is FC1CCN(C2CCNCC2)C1.O=C(O)C(F)(F)F. The van der Waals surface area contributed by atoms with Crippen LogP contribution >= 0.6 is 0 Å². The number of halogens is 4. The summed E-state index contributed by atoms with van der Waals surface area (Å²) >= 11 is 0. The van der Waals surface area contributed by atoms with Gasteiger partial charge in [0.15, 0.2) is 0 Å². The van der Waals surface area contributed by atoms with E-state index in [0.29, 0.717) is 12.6 Å². The molecule has 0 saturated carbocycles. The molecule has 0 aromatic rings. The van der Waals surface area contributed by atoms with Crippen LogP contribution in [0.3, 0.4) is 0 Å². The highest BCUT2D eigenvalue weighted by atomic mass is 19.4. The summed E-state index contributed by atoms with van der Waals surface area (Å²) in [5, 5.41) is 10.5. The van der Waals surface area contributed by atoms with Gasteiger partial charge in [-0.05, 0) is 32.4 Å². The minimum Gasteiger partial charge on any atom is -0.475 e. The Kier molecular flexibility index (Phi) is 5.99. The second-order valence-electron chi connectivity index (χ2n) is 4.66. The van der Waals surface area contributed by atoms with Gasteiger partial charge in [-0.25, -0.2) is 9.18 Å². The summed E-state index contributed by atoms with van der Waals surface area (Å²) in [4.78, 5) is 11.2. The first kappa shape index (κ1) is 16.2. The highest BCUT2D eigenvalue weighted by molar-refractivity contribution is 5.73. The van der Waals surface area contributed by atoms with Gasteiger partial charge in [-0.2, -0.15) is 13.2 Å². The number of likely N-dealkylation sites (tertiary alicyclic amines) is 1. The van der Waals surface area contributed by atoms with Crippen LogP contribution in [0.2, 0.25) is 0 Å². The van der Waals surface area contributed by atoms with Crippen LogP contribution in [0.4, 0.5) is 17.6 Å². The zero-order chi connectivity index (χ0) is 14.5. The van der Waals surface area contributed by atoms with Crippen molar-refractivity contribution in [3.8, 4) is 0 Å². The third kappa shape index (κ3) is 5.73. The Morgan fingerprint density at radius 1 is 1.21 bits per heavy atom. The molecular weight excluding hydrogens is 268 g/mol. The van der Waals surface area contributed by atoms with E-state index in [0.717, 1.165) is 26.1 Å². The van der Waals surface area contributed by atoms with Gasteiger partial charge in [0.1, 0.15) is 6.17 Å². The summed E-state index contributed by atoms with van der Waals surface area (Å²) in [6.07, 6.45) is -2.48. The third-order valence-corrected chi connectivity index (χ3v) is 3.23. The molecule has 0 aliphatic carbocycles. The summed E-state index contributed by atoms with van der Waals surface area (Å²) in [5.41, 5.74) is 0.